The van der Waals surface area contributed by atoms with Crippen LogP contribution >= 0.6 is 0 Å². The maximum atomic E-state index is 6.30. The summed E-state index contributed by atoms with van der Waals surface area (Å²) in [5.74, 6) is 4.71. The van der Waals surface area contributed by atoms with Gasteiger partial charge in [-0.15, -0.1) is 0 Å². The Labute approximate surface area is 273 Å². The van der Waals surface area contributed by atoms with Gasteiger partial charge in [-0.05, 0) is 72.6 Å². The molecule has 0 amide bonds. The lowest BCUT2D eigenvalue weighted by Gasteiger charge is -2.43. The fourth-order valence-electron chi connectivity index (χ4n) is 7.14. The van der Waals surface area contributed by atoms with Crippen LogP contribution < -0.4 is 58.2 Å². The summed E-state index contributed by atoms with van der Waals surface area (Å²) in [6, 6.07) is 12.0. The summed E-state index contributed by atoms with van der Waals surface area (Å²) in [4.78, 5) is 0. The Hall–Kier alpha value is -4.44. The monoisotopic (exact) mass is 650 g/mol. The highest BCUT2D eigenvalue weighted by molar-refractivity contribution is 7.14. The maximum absolute atomic E-state index is 6.30. The zero-order valence-electron chi connectivity index (χ0n) is 29.2. The molecule has 0 spiro atoms. The summed E-state index contributed by atoms with van der Waals surface area (Å²) < 4.78 is 54.1. The first kappa shape index (κ1) is 34.4. The predicted octanol–water partition coefficient (Wildman–Crippen LogP) is 5.29. The molecule has 0 unspecified atom stereocenters. The van der Waals surface area contributed by atoms with Crippen LogP contribution in [0.5, 0.6) is 51.7 Å². The van der Waals surface area contributed by atoms with Gasteiger partial charge >= 0.3 is 0 Å². The first-order valence-corrected chi connectivity index (χ1v) is 16.9. The first-order valence-electron chi connectivity index (χ1n) is 14.9. The van der Waals surface area contributed by atoms with E-state index in [1.807, 2.05) is 18.2 Å². The molecular formula is C36H46O9Si. The van der Waals surface area contributed by atoms with Crippen LogP contribution in [0.1, 0.15) is 27.7 Å². The van der Waals surface area contributed by atoms with E-state index < -0.39 is 8.07 Å². The van der Waals surface area contributed by atoms with Crippen molar-refractivity contribution in [2.75, 3.05) is 64.0 Å². The first-order chi connectivity index (χ1) is 22.1. The Balaban J connectivity index is 2.47. The molecule has 248 valence electrons. The molecule has 1 aliphatic carbocycles. The number of ether oxygens (including phenoxy) is 9. The highest BCUT2D eigenvalue weighted by Crippen LogP contribution is 2.52. The maximum Gasteiger partial charge on any atom is 0.203 e. The smallest absolute Gasteiger partial charge is 0.203 e. The molecule has 0 aromatic heterocycles. The Morgan fingerprint density at radius 1 is 0.370 bits per heavy atom. The topological polar surface area (TPSA) is 83.1 Å². The third kappa shape index (κ3) is 4.99. The Bertz CT molecular complexity index is 1500. The molecule has 0 aliphatic heterocycles. The molecule has 0 radical (unpaired) electrons. The van der Waals surface area contributed by atoms with Crippen molar-refractivity contribution < 1.29 is 42.6 Å². The summed E-state index contributed by atoms with van der Waals surface area (Å²) in [7, 11) is 11.1. The molecule has 0 saturated heterocycles. The molecule has 10 heteroatoms. The van der Waals surface area contributed by atoms with Gasteiger partial charge in [0.2, 0.25) is 17.2 Å². The second-order valence-corrected chi connectivity index (χ2v) is 14.8. The lowest BCUT2D eigenvalue weighted by atomic mass is 10.1. The van der Waals surface area contributed by atoms with Crippen molar-refractivity contribution in [2.24, 2.45) is 0 Å². The van der Waals surface area contributed by atoms with Crippen LogP contribution in [-0.4, -0.2) is 72.1 Å². The van der Waals surface area contributed by atoms with E-state index in [1.54, 1.807) is 64.0 Å². The van der Waals surface area contributed by atoms with E-state index in [1.165, 1.54) is 22.3 Å². The minimum absolute atomic E-state index is 0.126. The van der Waals surface area contributed by atoms with Crippen LogP contribution in [-0.2, 0) is 0 Å². The number of benzene rings is 3. The molecule has 0 bridgehead atoms. The van der Waals surface area contributed by atoms with Gasteiger partial charge in [0.05, 0.1) is 64.0 Å². The molecule has 3 aromatic rings. The van der Waals surface area contributed by atoms with Crippen LogP contribution in [0.15, 0.2) is 58.7 Å². The molecule has 4 rings (SSSR count). The van der Waals surface area contributed by atoms with Crippen LogP contribution in [0, 0.1) is 0 Å². The molecule has 0 heterocycles. The van der Waals surface area contributed by atoms with E-state index in [4.69, 9.17) is 42.6 Å². The zero-order chi connectivity index (χ0) is 33.9. The molecule has 46 heavy (non-hydrogen) atoms. The Morgan fingerprint density at radius 3 is 0.848 bits per heavy atom. The second kappa shape index (κ2) is 13.9. The molecule has 1 aliphatic rings. The highest BCUT2D eigenvalue weighted by atomic mass is 28.3. The van der Waals surface area contributed by atoms with Crippen LogP contribution in [0.2, 0.25) is 5.54 Å². The van der Waals surface area contributed by atoms with Gasteiger partial charge in [-0.1, -0.05) is 29.3 Å². The fourth-order valence-corrected chi connectivity index (χ4v) is 13.4. The van der Waals surface area contributed by atoms with Crippen molar-refractivity contribution >= 4 is 23.6 Å². The van der Waals surface area contributed by atoms with E-state index in [9.17, 15) is 0 Å². The Kier molecular flexibility index (Phi) is 10.4. The van der Waals surface area contributed by atoms with Gasteiger partial charge in [0.25, 0.3) is 0 Å². The van der Waals surface area contributed by atoms with Crippen LogP contribution in [0.3, 0.4) is 0 Å². The Morgan fingerprint density at radius 2 is 0.630 bits per heavy atom. The number of rotatable bonds is 13. The van der Waals surface area contributed by atoms with Crippen molar-refractivity contribution in [3.63, 3.8) is 0 Å². The van der Waals surface area contributed by atoms with E-state index in [-0.39, 0.29) is 5.54 Å². The summed E-state index contributed by atoms with van der Waals surface area (Å²) in [6.07, 6.45) is 0. The second-order valence-electron chi connectivity index (χ2n) is 11.0. The number of methoxy groups -OCH3 is 9. The van der Waals surface area contributed by atoms with E-state index >= 15 is 0 Å². The standard InChI is InChI=1S/C36H46O9Si/c1-20-21(2)23(4)36(22(20)3)46(27-17-14-24(37-5)30(40-8)33(27)43-11,28-18-15-25(38-6)31(41-9)34(28)44-12)29-19-16-26(39-7)32(42-10)35(29)45-13/h14-19,36H,1-13H3. The third-order valence-corrected chi connectivity index (χ3v) is 14.9. The van der Waals surface area contributed by atoms with Crippen molar-refractivity contribution in [3.05, 3.63) is 58.7 Å². The quantitative estimate of drug-likeness (QED) is 0.181. The van der Waals surface area contributed by atoms with Crippen LogP contribution in [0.4, 0.5) is 0 Å². The molecule has 0 fully saturated rings. The number of hydrogen-bond donors (Lipinski definition) is 0. The van der Waals surface area contributed by atoms with Crippen LogP contribution in [0.25, 0.3) is 0 Å². The van der Waals surface area contributed by atoms with Gasteiger partial charge in [0.15, 0.2) is 42.6 Å². The highest BCUT2D eigenvalue weighted by Gasteiger charge is 2.56. The van der Waals surface area contributed by atoms with Crippen molar-refractivity contribution in [1.82, 2.24) is 0 Å². The summed E-state index contributed by atoms with van der Waals surface area (Å²) in [5.41, 5.74) is 4.80. The van der Waals surface area contributed by atoms with E-state index in [2.05, 4.69) is 45.9 Å². The van der Waals surface area contributed by atoms with Crippen molar-refractivity contribution in [3.8, 4) is 51.7 Å². The predicted molar refractivity (Wildman–Crippen MR) is 183 cm³/mol. The van der Waals surface area contributed by atoms with Gasteiger partial charge in [-0.25, -0.2) is 0 Å². The summed E-state index contributed by atoms with van der Waals surface area (Å²) in [6.45, 7) is 8.76. The average molecular weight is 651 g/mol. The summed E-state index contributed by atoms with van der Waals surface area (Å²) >= 11 is 0. The lowest BCUT2D eigenvalue weighted by molar-refractivity contribution is 0.324. The SMILES string of the molecule is COc1ccc([Si](c2ccc(OC)c(OC)c2OC)(c2ccc(OC)c(OC)c2OC)C2C(C)=C(C)C(C)=C2C)c(OC)c1OC. The fraction of sp³-hybridized carbons (Fsp3) is 0.389. The van der Waals surface area contributed by atoms with Gasteiger partial charge in [-0.2, -0.15) is 0 Å². The molecule has 0 atom stereocenters. The molecule has 9 nitrogen and oxygen atoms in total. The molecule has 0 N–H and O–H groups in total. The van der Waals surface area contributed by atoms with E-state index in [0.29, 0.717) is 51.7 Å². The van der Waals surface area contributed by atoms with Gasteiger partial charge in [0.1, 0.15) is 0 Å². The van der Waals surface area contributed by atoms with Gasteiger partial charge < -0.3 is 42.6 Å². The normalized spacial score (nSPS) is 13.5. The largest absolute Gasteiger partial charge is 0.493 e. The average Bonchev–Trinajstić information content (AvgIpc) is 3.28. The third-order valence-electron chi connectivity index (χ3n) is 9.43. The van der Waals surface area contributed by atoms with Crippen molar-refractivity contribution in [2.45, 2.75) is 33.2 Å². The number of hydrogen-bond acceptors (Lipinski definition) is 9. The van der Waals surface area contributed by atoms with Crippen molar-refractivity contribution in [1.29, 1.82) is 0 Å². The molecule has 0 saturated carbocycles. The lowest BCUT2D eigenvalue weighted by Crippen LogP contribution is -2.70. The van der Waals surface area contributed by atoms with E-state index in [0.717, 1.165) is 15.6 Å². The van der Waals surface area contributed by atoms with Gasteiger partial charge in [-0.3, -0.25) is 0 Å². The summed E-state index contributed by atoms with van der Waals surface area (Å²) in [5, 5.41) is 2.74. The zero-order valence-corrected chi connectivity index (χ0v) is 30.2. The molecule has 3 aromatic carbocycles. The minimum atomic E-state index is -3.54. The van der Waals surface area contributed by atoms with Gasteiger partial charge in [0, 0.05) is 5.54 Å². The number of allylic oxidation sites excluding steroid dienone is 4. The minimum Gasteiger partial charge on any atom is -0.493 e. The molecular weight excluding hydrogens is 604 g/mol.